The lowest BCUT2D eigenvalue weighted by atomic mass is 9.74. The Morgan fingerprint density at radius 1 is 0.643 bits per heavy atom. The van der Waals surface area contributed by atoms with Gasteiger partial charge in [-0.05, 0) is 36.0 Å². The predicted octanol–water partition coefficient (Wildman–Crippen LogP) is 6.50. The summed E-state index contributed by atoms with van der Waals surface area (Å²) in [5.74, 6) is 0.916. The van der Waals surface area contributed by atoms with Crippen LogP contribution in [0.4, 0.5) is 0 Å². The number of pyridine rings is 1. The van der Waals surface area contributed by atoms with E-state index in [-0.39, 0.29) is 21.7 Å². The summed E-state index contributed by atoms with van der Waals surface area (Å²) in [6.45, 7) is 22.3. The second-order valence-electron chi connectivity index (χ2n) is 11.5. The molecule has 2 aromatic rings. The molecule has 0 saturated heterocycles. The van der Waals surface area contributed by atoms with Crippen molar-refractivity contribution in [1.29, 1.82) is 0 Å². The van der Waals surface area contributed by atoms with Crippen LogP contribution < -0.4 is 0 Å². The molecule has 0 unspecified atom stereocenters. The van der Waals surface area contributed by atoms with Crippen molar-refractivity contribution in [3.8, 4) is 0 Å². The van der Waals surface area contributed by atoms with Crippen molar-refractivity contribution in [1.82, 2.24) is 15.0 Å². The van der Waals surface area contributed by atoms with Crippen molar-refractivity contribution in [2.24, 2.45) is 0 Å². The molecule has 0 radical (unpaired) electrons. The first kappa shape index (κ1) is 22.5. The fourth-order valence-electron chi connectivity index (χ4n) is 3.23. The lowest BCUT2D eigenvalue weighted by molar-refractivity contribution is 0.365. The highest BCUT2D eigenvalue weighted by molar-refractivity contribution is 5.25. The van der Waals surface area contributed by atoms with Gasteiger partial charge in [0.15, 0.2) is 0 Å². The molecule has 0 atom stereocenters. The average Bonchev–Trinajstić information content (AvgIpc) is 2.59. The summed E-state index contributed by atoms with van der Waals surface area (Å²) in [7, 11) is 0. The summed E-state index contributed by atoms with van der Waals surface area (Å²) in [4.78, 5) is 14.1. The maximum Gasteiger partial charge on any atom is 0.133 e. The van der Waals surface area contributed by atoms with Crippen LogP contribution >= 0.6 is 0 Å². The van der Waals surface area contributed by atoms with E-state index in [1.165, 1.54) is 5.56 Å². The molecule has 0 fully saturated rings. The highest BCUT2D eigenvalue weighted by Crippen LogP contribution is 2.36. The molecule has 2 rings (SSSR count). The van der Waals surface area contributed by atoms with Gasteiger partial charge in [0, 0.05) is 40.0 Å². The Balaban J connectivity index is 2.17. The van der Waals surface area contributed by atoms with Gasteiger partial charge in [0.05, 0.1) is 0 Å². The standard InChI is InChI=1S/C25H39N3/c1-22(2,3)19-12-11-18(17-27-19)24(7,8)14-15-25(9,10)20-13-16-26-21(28-20)23(4,5)6/h11-13,16-17H,14-15H2,1-10H3. The van der Waals surface area contributed by atoms with Gasteiger partial charge in [0.1, 0.15) is 5.82 Å². The second kappa shape index (κ2) is 7.57. The fraction of sp³-hybridized carbons (Fsp3) is 0.640. The van der Waals surface area contributed by atoms with E-state index in [4.69, 9.17) is 9.97 Å². The maximum absolute atomic E-state index is 4.90. The minimum atomic E-state index is -0.0359. The van der Waals surface area contributed by atoms with E-state index in [1.54, 1.807) is 0 Å². The summed E-state index contributed by atoms with van der Waals surface area (Å²) >= 11 is 0. The van der Waals surface area contributed by atoms with Crippen molar-refractivity contribution in [3.63, 3.8) is 0 Å². The van der Waals surface area contributed by atoms with Crippen molar-refractivity contribution in [3.05, 3.63) is 53.4 Å². The lowest BCUT2D eigenvalue weighted by Gasteiger charge is -2.32. The number of nitrogens with zero attached hydrogens (tertiary/aromatic N) is 3. The van der Waals surface area contributed by atoms with Crippen LogP contribution in [0.2, 0.25) is 0 Å². The summed E-state index contributed by atoms with van der Waals surface area (Å²) in [6.07, 6.45) is 6.11. The summed E-state index contributed by atoms with van der Waals surface area (Å²) in [5.41, 5.74) is 3.69. The third-order valence-electron chi connectivity index (χ3n) is 5.71. The minimum Gasteiger partial charge on any atom is -0.260 e. The highest BCUT2D eigenvalue weighted by atomic mass is 14.9. The Morgan fingerprint density at radius 2 is 1.25 bits per heavy atom. The molecule has 0 aliphatic rings. The number of hydrogen-bond acceptors (Lipinski definition) is 3. The Hall–Kier alpha value is -1.77. The van der Waals surface area contributed by atoms with Gasteiger partial charge in [-0.3, -0.25) is 4.98 Å². The summed E-state index contributed by atoms with van der Waals surface area (Å²) in [5, 5.41) is 0. The van der Waals surface area contributed by atoms with Crippen molar-refractivity contribution >= 4 is 0 Å². The molecule has 0 N–H and O–H groups in total. The number of rotatable bonds is 5. The van der Waals surface area contributed by atoms with E-state index < -0.39 is 0 Å². The van der Waals surface area contributed by atoms with Crippen molar-refractivity contribution < 1.29 is 0 Å². The van der Waals surface area contributed by atoms with Gasteiger partial charge >= 0.3 is 0 Å². The molecular formula is C25H39N3. The van der Waals surface area contributed by atoms with Gasteiger partial charge in [-0.15, -0.1) is 0 Å². The van der Waals surface area contributed by atoms with Gasteiger partial charge in [-0.2, -0.15) is 0 Å². The quantitative estimate of drug-likeness (QED) is 0.593. The molecule has 2 heterocycles. The molecule has 28 heavy (non-hydrogen) atoms. The van der Waals surface area contributed by atoms with Crippen LogP contribution in [0.5, 0.6) is 0 Å². The third-order valence-corrected chi connectivity index (χ3v) is 5.71. The molecule has 0 aromatic carbocycles. The van der Waals surface area contributed by atoms with E-state index in [9.17, 15) is 0 Å². The van der Waals surface area contributed by atoms with Gasteiger partial charge < -0.3 is 0 Å². The Bertz CT molecular complexity index is 788. The van der Waals surface area contributed by atoms with E-state index in [2.05, 4.69) is 98.6 Å². The first-order chi connectivity index (χ1) is 12.6. The molecule has 0 amide bonds. The fourth-order valence-corrected chi connectivity index (χ4v) is 3.23. The SMILES string of the molecule is CC(C)(C)c1ccc(C(C)(C)CCC(C)(C)c2ccnc(C(C)(C)C)n2)cn1. The smallest absolute Gasteiger partial charge is 0.133 e. The largest absolute Gasteiger partial charge is 0.260 e. The normalized spacial score (nSPS) is 13.6. The van der Waals surface area contributed by atoms with Gasteiger partial charge in [0.25, 0.3) is 0 Å². The van der Waals surface area contributed by atoms with Gasteiger partial charge in [0.2, 0.25) is 0 Å². The first-order valence-electron chi connectivity index (χ1n) is 10.4. The van der Waals surface area contributed by atoms with Crippen LogP contribution in [0.1, 0.15) is 105 Å². The topological polar surface area (TPSA) is 38.7 Å². The molecule has 3 heteroatoms. The van der Waals surface area contributed by atoms with E-state index in [1.807, 2.05) is 6.20 Å². The van der Waals surface area contributed by atoms with Gasteiger partial charge in [-0.25, -0.2) is 9.97 Å². The van der Waals surface area contributed by atoms with Crippen molar-refractivity contribution in [2.45, 2.75) is 104 Å². The Morgan fingerprint density at radius 3 is 1.75 bits per heavy atom. The minimum absolute atomic E-state index is 0.00100. The van der Waals surface area contributed by atoms with Crippen LogP contribution in [-0.2, 0) is 21.7 Å². The molecule has 0 aliphatic heterocycles. The number of aromatic nitrogens is 3. The molecular weight excluding hydrogens is 342 g/mol. The second-order valence-corrected chi connectivity index (χ2v) is 11.5. The molecule has 0 bridgehead atoms. The molecule has 3 nitrogen and oxygen atoms in total. The van der Waals surface area contributed by atoms with Crippen LogP contribution in [0.15, 0.2) is 30.6 Å². The van der Waals surface area contributed by atoms with Crippen molar-refractivity contribution in [2.75, 3.05) is 0 Å². The highest BCUT2D eigenvalue weighted by Gasteiger charge is 2.30. The zero-order valence-corrected chi connectivity index (χ0v) is 19.6. The van der Waals surface area contributed by atoms with Crippen LogP contribution in [0.3, 0.4) is 0 Å². The predicted molar refractivity (Wildman–Crippen MR) is 119 cm³/mol. The van der Waals surface area contributed by atoms with Crippen LogP contribution in [-0.4, -0.2) is 15.0 Å². The van der Waals surface area contributed by atoms with Crippen LogP contribution in [0, 0.1) is 0 Å². The average molecular weight is 382 g/mol. The zero-order chi connectivity index (χ0) is 21.4. The Labute approximate surface area is 172 Å². The van der Waals surface area contributed by atoms with E-state index in [0.29, 0.717) is 0 Å². The molecule has 0 spiro atoms. The molecule has 0 saturated carbocycles. The third kappa shape index (κ3) is 5.40. The molecule has 154 valence electrons. The van der Waals surface area contributed by atoms with Crippen LogP contribution in [0.25, 0.3) is 0 Å². The number of hydrogen-bond donors (Lipinski definition) is 0. The van der Waals surface area contributed by atoms with E-state index in [0.717, 1.165) is 30.1 Å². The van der Waals surface area contributed by atoms with E-state index >= 15 is 0 Å². The molecule has 2 aromatic heterocycles. The first-order valence-corrected chi connectivity index (χ1v) is 10.4. The monoisotopic (exact) mass is 381 g/mol. The molecule has 0 aliphatic carbocycles. The Kier molecular flexibility index (Phi) is 6.09. The summed E-state index contributed by atoms with van der Waals surface area (Å²) < 4.78 is 0. The lowest BCUT2D eigenvalue weighted by Crippen LogP contribution is -2.27. The maximum atomic E-state index is 4.90. The summed E-state index contributed by atoms with van der Waals surface area (Å²) in [6, 6.07) is 6.51. The zero-order valence-electron chi connectivity index (χ0n) is 19.6. The van der Waals surface area contributed by atoms with Gasteiger partial charge in [-0.1, -0.05) is 75.3 Å².